The second-order valence-electron chi connectivity index (χ2n) is 4.27. The maximum Gasteiger partial charge on any atom is 0.0562 e. The molecule has 11 heavy (non-hydrogen) atoms. The lowest BCUT2D eigenvalue weighted by Gasteiger charge is -2.19. The summed E-state index contributed by atoms with van der Waals surface area (Å²) in [6.45, 7) is 6.54. The summed E-state index contributed by atoms with van der Waals surface area (Å²) < 4.78 is 0. The summed E-state index contributed by atoms with van der Waals surface area (Å²) in [5.41, 5.74) is 0.288. The van der Waals surface area contributed by atoms with Gasteiger partial charge < -0.3 is 10.2 Å². The lowest BCUT2D eigenvalue weighted by atomic mass is 9.89. The van der Waals surface area contributed by atoms with Crippen LogP contribution in [-0.2, 0) is 0 Å². The minimum absolute atomic E-state index is 0.0886. The van der Waals surface area contributed by atoms with E-state index in [9.17, 15) is 5.11 Å². The van der Waals surface area contributed by atoms with Gasteiger partial charge in [0.15, 0.2) is 0 Å². The van der Waals surface area contributed by atoms with Gasteiger partial charge in [-0.1, -0.05) is 20.8 Å². The van der Waals surface area contributed by atoms with Gasteiger partial charge in [0, 0.05) is 6.61 Å². The highest BCUT2D eigenvalue weighted by atomic mass is 16.3. The van der Waals surface area contributed by atoms with Gasteiger partial charge in [0.25, 0.3) is 0 Å². The van der Waals surface area contributed by atoms with E-state index in [1.807, 2.05) is 0 Å². The van der Waals surface area contributed by atoms with Crippen LogP contribution < -0.4 is 0 Å². The Labute approximate surface area is 69.2 Å². The average Bonchev–Trinajstić information content (AvgIpc) is 1.83. The van der Waals surface area contributed by atoms with Crippen molar-refractivity contribution in [1.29, 1.82) is 0 Å². The van der Waals surface area contributed by atoms with Gasteiger partial charge in [-0.05, 0) is 24.7 Å². The molecule has 0 fully saturated rings. The minimum Gasteiger partial charge on any atom is -0.396 e. The summed E-state index contributed by atoms with van der Waals surface area (Å²) in [5.74, 6) is 0. The fraction of sp³-hybridized carbons (Fsp3) is 1.00. The first-order chi connectivity index (χ1) is 4.95. The zero-order valence-corrected chi connectivity index (χ0v) is 7.80. The van der Waals surface area contributed by atoms with Gasteiger partial charge in [0.05, 0.1) is 6.10 Å². The third-order valence-corrected chi connectivity index (χ3v) is 1.69. The van der Waals surface area contributed by atoms with E-state index < -0.39 is 0 Å². The van der Waals surface area contributed by atoms with Gasteiger partial charge in [0.2, 0.25) is 0 Å². The molecule has 2 nitrogen and oxygen atoms in total. The molecule has 0 aromatic rings. The molecule has 1 unspecified atom stereocenters. The maximum atomic E-state index is 9.25. The molecule has 0 spiro atoms. The molecule has 0 radical (unpaired) electrons. The zero-order valence-electron chi connectivity index (χ0n) is 7.80. The van der Waals surface area contributed by atoms with Crippen LogP contribution in [0.25, 0.3) is 0 Å². The molecule has 68 valence electrons. The highest BCUT2D eigenvalue weighted by molar-refractivity contribution is 4.64. The van der Waals surface area contributed by atoms with Crippen LogP contribution in [0.15, 0.2) is 0 Å². The van der Waals surface area contributed by atoms with Crippen LogP contribution in [-0.4, -0.2) is 22.9 Å². The molecule has 0 heterocycles. The third kappa shape index (κ3) is 7.82. The average molecular weight is 160 g/mol. The van der Waals surface area contributed by atoms with Crippen LogP contribution in [0.1, 0.15) is 40.0 Å². The van der Waals surface area contributed by atoms with Gasteiger partial charge in [-0.2, -0.15) is 0 Å². The predicted molar refractivity (Wildman–Crippen MR) is 46.4 cm³/mol. The van der Waals surface area contributed by atoms with Crippen LogP contribution in [0.2, 0.25) is 0 Å². The first kappa shape index (κ1) is 10.9. The summed E-state index contributed by atoms with van der Waals surface area (Å²) in [4.78, 5) is 0. The first-order valence-electron chi connectivity index (χ1n) is 4.24. The molecule has 0 aromatic carbocycles. The molecule has 0 saturated heterocycles. The summed E-state index contributed by atoms with van der Waals surface area (Å²) in [6, 6.07) is 0. The molecular weight excluding hydrogens is 140 g/mol. The van der Waals surface area contributed by atoms with Crippen molar-refractivity contribution in [2.75, 3.05) is 6.61 Å². The number of hydrogen-bond donors (Lipinski definition) is 2. The van der Waals surface area contributed by atoms with E-state index in [1.54, 1.807) is 0 Å². The van der Waals surface area contributed by atoms with Crippen molar-refractivity contribution in [3.05, 3.63) is 0 Å². The van der Waals surface area contributed by atoms with Gasteiger partial charge in [0.1, 0.15) is 0 Å². The fourth-order valence-electron chi connectivity index (χ4n) is 0.893. The molecule has 0 aliphatic heterocycles. The summed E-state index contributed by atoms with van der Waals surface area (Å²) in [7, 11) is 0. The molecule has 0 aliphatic rings. The first-order valence-corrected chi connectivity index (χ1v) is 4.24. The molecule has 0 saturated carbocycles. The quantitative estimate of drug-likeness (QED) is 0.655. The number of aliphatic hydroxyl groups excluding tert-OH is 2. The maximum absolute atomic E-state index is 9.25. The van der Waals surface area contributed by atoms with Crippen molar-refractivity contribution in [2.45, 2.75) is 46.1 Å². The predicted octanol–water partition coefficient (Wildman–Crippen LogP) is 1.56. The van der Waals surface area contributed by atoms with E-state index in [4.69, 9.17) is 5.11 Å². The number of aliphatic hydroxyl groups is 2. The third-order valence-electron chi connectivity index (χ3n) is 1.69. The Morgan fingerprint density at radius 1 is 1.18 bits per heavy atom. The molecule has 2 heteroatoms. The summed E-state index contributed by atoms with van der Waals surface area (Å²) in [6.07, 6.45) is 1.99. The Hall–Kier alpha value is -0.0800. The minimum atomic E-state index is -0.320. The highest BCUT2D eigenvalue weighted by Gasteiger charge is 2.12. The molecule has 2 N–H and O–H groups in total. The van der Waals surface area contributed by atoms with E-state index in [0.29, 0.717) is 6.42 Å². The molecule has 0 bridgehead atoms. The van der Waals surface area contributed by atoms with E-state index in [-0.39, 0.29) is 18.1 Å². The fourth-order valence-corrected chi connectivity index (χ4v) is 0.893. The summed E-state index contributed by atoms with van der Waals surface area (Å²) in [5, 5.41) is 17.8. The molecular formula is C9H20O2. The SMILES string of the molecule is CC(C)(C)CCC(O)CCO. The van der Waals surface area contributed by atoms with Gasteiger partial charge in [-0.3, -0.25) is 0 Å². The van der Waals surface area contributed by atoms with Crippen LogP contribution in [0.5, 0.6) is 0 Å². The Bertz CT molecular complexity index is 94.2. The highest BCUT2D eigenvalue weighted by Crippen LogP contribution is 2.21. The van der Waals surface area contributed by atoms with E-state index in [0.717, 1.165) is 12.8 Å². The van der Waals surface area contributed by atoms with Crippen LogP contribution >= 0.6 is 0 Å². The lowest BCUT2D eigenvalue weighted by Crippen LogP contribution is -2.13. The van der Waals surface area contributed by atoms with Crippen molar-refractivity contribution in [1.82, 2.24) is 0 Å². The number of hydrogen-bond acceptors (Lipinski definition) is 2. The topological polar surface area (TPSA) is 40.5 Å². The Morgan fingerprint density at radius 3 is 2.09 bits per heavy atom. The van der Waals surface area contributed by atoms with Crippen LogP contribution in [0, 0.1) is 5.41 Å². The van der Waals surface area contributed by atoms with Crippen LogP contribution in [0.4, 0.5) is 0 Å². The molecule has 0 amide bonds. The van der Waals surface area contributed by atoms with Gasteiger partial charge in [-0.15, -0.1) is 0 Å². The van der Waals surface area contributed by atoms with Gasteiger partial charge in [-0.25, -0.2) is 0 Å². The summed E-state index contributed by atoms with van der Waals surface area (Å²) >= 11 is 0. The Kier molecular flexibility index (Phi) is 4.69. The molecule has 0 rings (SSSR count). The molecule has 0 aliphatic carbocycles. The van der Waals surface area contributed by atoms with Crippen molar-refractivity contribution in [2.24, 2.45) is 5.41 Å². The van der Waals surface area contributed by atoms with Crippen molar-refractivity contribution < 1.29 is 10.2 Å². The largest absolute Gasteiger partial charge is 0.396 e. The standard InChI is InChI=1S/C9H20O2/c1-9(2,3)6-4-8(11)5-7-10/h8,10-11H,4-7H2,1-3H3. The second kappa shape index (κ2) is 4.73. The van der Waals surface area contributed by atoms with Crippen molar-refractivity contribution in [3.8, 4) is 0 Å². The van der Waals surface area contributed by atoms with Crippen LogP contribution in [0.3, 0.4) is 0 Å². The van der Waals surface area contributed by atoms with E-state index >= 15 is 0 Å². The second-order valence-corrected chi connectivity index (χ2v) is 4.27. The van der Waals surface area contributed by atoms with Gasteiger partial charge >= 0.3 is 0 Å². The smallest absolute Gasteiger partial charge is 0.0562 e. The lowest BCUT2D eigenvalue weighted by molar-refractivity contribution is 0.112. The zero-order chi connectivity index (χ0) is 8.91. The molecule has 1 atom stereocenters. The van der Waals surface area contributed by atoms with Crippen molar-refractivity contribution in [3.63, 3.8) is 0 Å². The normalized spacial score (nSPS) is 15.0. The monoisotopic (exact) mass is 160 g/mol. The van der Waals surface area contributed by atoms with E-state index in [1.165, 1.54) is 0 Å². The molecule has 0 aromatic heterocycles. The number of rotatable bonds is 4. The Morgan fingerprint density at radius 2 is 1.73 bits per heavy atom. The Balaban J connectivity index is 3.38. The van der Waals surface area contributed by atoms with Crippen molar-refractivity contribution >= 4 is 0 Å². The van der Waals surface area contributed by atoms with E-state index in [2.05, 4.69) is 20.8 Å².